The van der Waals surface area contributed by atoms with E-state index in [1.165, 1.54) is 12.1 Å². The van der Waals surface area contributed by atoms with Crippen molar-refractivity contribution in [2.45, 2.75) is 6.54 Å². The van der Waals surface area contributed by atoms with Crippen LogP contribution >= 0.6 is 0 Å². The molecule has 0 amide bonds. The van der Waals surface area contributed by atoms with Crippen LogP contribution < -0.4 is 14.8 Å². The van der Waals surface area contributed by atoms with Gasteiger partial charge < -0.3 is 19.9 Å². The quantitative estimate of drug-likeness (QED) is 0.663. The van der Waals surface area contributed by atoms with E-state index in [9.17, 15) is 15.2 Å². The number of ether oxygens (including phenoxy) is 2. The van der Waals surface area contributed by atoms with E-state index in [1.54, 1.807) is 24.3 Å². The van der Waals surface area contributed by atoms with Crippen molar-refractivity contribution in [3.05, 3.63) is 52.1 Å². The summed E-state index contributed by atoms with van der Waals surface area (Å²) in [4.78, 5) is 10.5. The second-order valence-corrected chi connectivity index (χ2v) is 4.46. The number of aromatic hydroxyl groups is 1. The summed E-state index contributed by atoms with van der Waals surface area (Å²) in [6.07, 6.45) is 0. The Morgan fingerprint density at radius 1 is 1.24 bits per heavy atom. The van der Waals surface area contributed by atoms with E-state index in [0.29, 0.717) is 22.7 Å². The number of nitro benzene ring substituents is 1. The van der Waals surface area contributed by atoms with Crippen molar-refractivity contribution < 1.29 is 19.5 Å². The topological polar surface area (TPSA) is 93.9 Å². The fourth-order valence-corrected chi connectivity index (χ4v) is 2.09. The van der Waals surface area contributed by atoms with Crippen LogP contribution in [0.3, 0.4) is 0 Å². The van der Waals surface area contributed by atoms with Crippen LogP contribution in [0, 0.1) is 10.1 Å². The molecule has 1 aliphatic rings. The standard InChI is InChI=1S/C14H12N2O5/c17-12-6-14-13(20-8-21-14)5-9(12)7-15-10-3-1-2-4-11(10)16(18)19/h1-6,15,17H,7-8H2. The summed E-state index contributed by atoms with van der Waals surface area (Å²) in [7, 11) is 0. The Bertz CT molecular complexity index is 702. The molecule has 0 saturated carbocycles. The summed E-state index contributed by atoms with van der Waals surface area (Å²) in [6, 6.07) is 9.46. The zero-order valence-electron chi connectivity index (χ0n) is 10.9. The van der Waals surface area contributed by atoms with E-state index < -0.39 is 4.92 Å². The first-order valence-electron chi connectivity index (χ1n) is 6.24. The number of nitrogens with one attached hydrogen (secondary N) is 1. The molecule has 3 rings (SSSR count). The zero-order chi connectivity index (χ0) is 14.8. The third-order valence-electron chi connectivity index (χ3n) is 3.14. The third-order valence-corrected chi connectivity index (χ3v) is 3.14. The number of nitro groups is 1. The van der Waals surface area contributed by atoms with Crippen molar-refractivity contribution >= 4 is 11.4 Å². The van der Waals surface area contributed by atoms with Crippen LogP contribution in [0.4, 0.5) is 11.4 Å². The number of phenols is 1. The maximum absolute atomic E-state index is 10.9. The lowest BCUT2D eigenvalue weighted by molar-refractivity contribution is -0.384. The second kappa shape index (κ2) is 5.20. The number of nitrogens with zero attached hydrogens (tertiary/aromatic N) is 1. The summed E-state index contributed by atoms with van der Waals surface area (Å²) in [5, 5.41) is 23.8. The zero-order valence-corrected chi connectivity index (χ0v) is 10.9. The van der Waals surface area contributed by atoms with Gasteiger partial charge in [0.1, 0.15) is 11.4 Å². The van der Waals surface area contributed by atoms with Crippen molar-refractivity contribution in [2.75, 3.05) is 12.1 Å². The molecule has 1 aliphatic heterocycles. The summed E-state index contributed by atoms with van der Waals surface area (Å²) in [5.74, 6) is 1.08. The average molecular weight is 288 g/mol. The molecule has 0 aromatic heterocycles. The van der Waals surface area contributed by atoms with Gasteiger partial charge in [0, 0.05) is 24.2 Å². The van der Waals surface area contributed by atoms with E-state index in [1.807, 2.05) is 0 Å². The SMILES string of the molecule is O=[N+]([O-])c1ccccc1NCc1cc2c(cc1O)OCO2. The molecule has 108 valence electrons. The molecule has 0 radical (unpaired) electrons. The summed E-state index contributed by atoms with van der Waals surface area (Å²) in [6.45, 7) is 0.350. The highest BCUT2D eigenvalue weighted by Gasteiger charge is 2.18. The van der Waals surface area contributed by atoms with Gasteiger partial charge in [-0.05, 0) is 12.1 Å². The van der Waals surface area contributed by atoms with E-state index in [-0.39, 0.29) is 24.8 Å². The molecule has 0 unspecified atom stereocenters. The first-order valence-corrected chi connectivity index (χ1v) is 6.24. The minimum absolute atomic E-state index is 0.0160. The predicted molar refractivity (Wildman–Crippen MR) is 74.7 cm³/mol. The first kappa shape index (κ1) is 13.0. The molecule has 2 N–H and O–H groups in total. The Kier molecular flexibility index (Phi) is 3.23. The summed E-state index contributed by atoms with van der Waals surface area (Å²) >= 11 is 0. The molecule has 0 fully saturated rings. The van der Waals surface area contributed by atoms with Gasteiger partial charge in [0.2, 0.25) is 6.79 Å². The van der Waals surface area contributed by atoms with E-state index >= 15 is 0 Å². The van der Waals surface area contributed by atoms with Gasteiger partial charge >= 0.3 is 0 Å². The molecule has 0 bridgehead atoms. The Morgan fingerprint density at radius 3 is 2.71 bits per heavy atom. The molecule has 0 atom stereocenters. The highest BCUT2D eigenvalue weighted by Crippen LogP contribution is 2.38. The maximum atomic E-state index is 10.9. The molecule has 7 heteroatoms. The molecule has 21 heavy (non-hydrogen) atoms. The van der Waals surface area contributed by atoms with Gasteiger partial charge in [0.05, 0.1) is 4.92 Å². The van der Waals surface area contributed by atoms with Crippen molar-refractivity contribution in [3.63, 3.8) is 0 Å². The highest BCUT2D eigenvalue weighted by molar-refractivity contribution is 5.62. The third kappa shape index (κ3) is 2.53. The van der Waals surface area contributed by atoms with Gasteiger partial charge in [-0.1, -0.05) is 12.1 Å². The molecule has 0 aliphatic carbocycles. The van der Waals surface area contributed by atoms with Crippen LogP contribution in [0.25, 0.3) is 0 Å². The number of benzene rings is 2. The molecular weight excluding hydrogens is 276 g/mol. The van der Waals surface area contributed by atoms with Crippen LogP contribution in [0.15, 0.2) is 36.4 Å². The predicted octanol–water partition coefficient (Wildman–Crippen LogP) is 2.64. The summed E-state index contributed by atoms with van der Waals surface area (Å²) < 4.78 is 10.4. The first-order chi connectivity index (χ1) is 10.1. The van der Waals surface area contributed by atoms with Crippen molar-refractivity contribution in [1.82, 2.24) is 0 Å². The lowest BCUT2D eigenvalue weighted by atomic mass is 10.1. The monoisotopic (exact) mass is 288 g/mol. The smallest absolute Gasteiger partial charge is 0.292 e. The number of fused-ring (bicyclic) bond motifs is 1. The van der Waals surface area contributed by atoms with Gasteiger partial charge in [-0.25, -0.2) is 0 Å². The summed E-state index contributed by atoms with van der Waals surface area (Å²) in [5.41, 5.74) is 0.940. The van der Waals surface area contributed by atoms with E-state index in [2.05, 4.69) is 5.32 Å². The molecular formula is C14H12N2O5. The van der Waals surface area contributed by atoms with Crippen LogP contribution in [-0.2, 0) is 6.54 Å². The Balaban J connectivity index is 1.81. The van der Waals surface area contributed by atoms with Gasteiger partial charge in [-0.3, -0.25) is 10.1 Å². The Morgan fingerprint density at radius 2 is 1.95 bits per heavy atom. The van der Waals surface area contributed by atoms with Crippen LogP contribution in [0.5, 0.6) is 17.2 Å². The van der Waals surface area contributed by atoms with E-state index in [0.717, 1.165) is 0 Å². The van der Waals surface area contributed by atoms with Gasteiger partial charge in [-0.15, -0.1) is 0 Å². The second-order valence-electron chi connectivity index (χ2n) is 4.46. The van der Waals surface area contributed by atoms with Crippen LogP contribution in [0.1, 0.15) is 5.56 Å². The fraction of sp³-hybridized carbons (Fsp3) is 0.143. The van der Waals surface area contributed by atoms with Crippen molar-refractivity contribution in [2.24, 2.45) is 0 Å². The molecule has 7 nitrogen and oxygen atoms in total. The minimum atomic E-state index is -0.457. The normalized spacial score (nSPS) is 12.2. The van der Waals surface area contributed by atoms with Crippen molar-refractivity contribution in [1.29, 1.82) is 0 Å². The Labute approximate surface area is 119 Å². The number of hydrogen-bond donors (Lipinski definition) is 2. The molecule has 0 spiro atoms. The van der Waals surface area contributed by atoms with Crippen LogP contribution in [0.2, 0.25) is 0 Å². The minimum Gasteiger partial charge on any atom is -0.507 e. The number of anilines is 1. The maximum Gasteiger partial charge on any atom is 0.292 e. The average Bonchev–Trinajstić information content (AvgIpc) is 2.92. The lowest BCUT2D eigenvalue weighted by Crippen LogP contribution is -2.02. The van der Waals surface area contributed by atoms with E-state index in [4.69, 9.17) is 9.47 Å². The van der Waals surface area contributed by atoms with Crippen molar-refractivity contribution in [3.8, 4) is 17.2 Å². The molecule has 1 heterocycles. The molecule has 2 aromatic carbocycles. The van der Waals surface area contributed by atoms with Gasteiger partial charge in [0.25, 0.3) is 5.69 Å². The number of hydrogen-bond acceptors (Lipinski definition) is 6. The Hall–Kier alpha value is -2.96. The molecule has 0 saturated heterocycles. The fourth-order valence-electron chi connectivity index (χ4n) is 2.09. The molecule has 2 aromatic rings. The highest BCUT2D eigenvalue weighted by atomic mass is 16.7. The number of rotatable bonds is 4. The lowest BCUT2D eigenvalue weighted by Gasteiger charge is -2.09. The van der Waals surface area contributed by atoms with Gasteiger partial charge in [0.15, 0.2) is 11.5 Å². The number of para-hydroxylation sites is 2. The van der Waals surface area contributed by atoms with Gasteiger partial charge in [-0.2, -0.15) is 0 Å². The van der Waals surface area contributed by atoms with Crippen LogP contribution in [-0.4, -0.2) is 16.8 Å². The number of phenolic OH excluding ortho intramolecular Hbond substituents is 1. The largest absolute Gasteiger partial charge is 0.507 e.